The van der Waals surface area contributed by atoms with Gasteiger partial charge in [0.1, 0.15) is 0 Å². The highest BCUT2D eigenvalue weighted by Crippen LogP contribution is 2.41. The Labute approximate surface area is 135 Å². The van der Waals surface area contributed by atoms with Crippen LogP contribution in [0.2, 0.25) is 0 Å². The predicted molar refractivity (Wildman–Crippen MR) is 79.0 cm³/mol. The first kappa shape index (κ1) is 20.6. The molecule has 0 aromatic carbocycles. The third-order valence-electron chi connectivity index (χ3n) is 4.84. The summed E-state index contributed by atoms with van der Waals surface area (Å²) in [6.07, 6.45) is -3.58. The monoisotopic (exact) mass is 346 g/mol. The molecule has 1 fully saturated rings. The van der Waals surface area contributed by atoms with Crippen LogP contribution in [-0.4, -0.2) is 12.4 Å². The largest absolute Gasteiger partial charge is 0.389 e. The second-order valence-electron chi connectivity index (χ2n) is 7.11. The molecule has 0 bridgehead atoms. The molecule has 0 aliphatic heterocycles. The number of halogens is 6. The molecule has 0 saturated heterocycles. The number of rotatable bonds is 8. The van der Waals surface area contributed by atoms with Crippen LogP contribution in [0.3, 0.4) is 0 Å². The third kappa shape index (κ3) is 10.1. The minimum Gasteiger partial charge on any atom is -0.171 e. The first-order chi connectivity index (χ1) is 10.6. The Balaban J connectivity index is 2.42. The average molecular weight is 346 g/mol. The van der Waals surface area contributed by atoms with Gasteiger partial charge in [-0.2, -0.15) is 26.3 Å². The van der Waals surface area contributed by atoms with Crippen molar-refractivity contribution >= 4 is 0 Å². The van der Waals surface area contributed by atoms with Crippen molar-refractivity contribution in [2.24, 2.45) is 17.8 Å². The highest BCUT2D eigenvalue weighted by Gasteiger charge is 2.32. The van der Waals surface area contributed by atoms with Crippen molar-refractivity contribution in [1.82, 2.24) is 0 Å². The van der Waals surface area contributed by atoms with Crippen LogP contribution in [0.1, 0.15) is 77.6 Å². The summed E-state index contributed by atoms with van der Waals surface area (Å²) in [4.78, 5) is 0. The van der Waals surface area contributed by atoms with Crippen LogP contribution in [0.4, 0.5) is 26.3 Å². The summed E-state index contributed by atoms with van der Waals surface area (Å²) in [5.41, 5.74) is 0. The normalized spacial score (nSPS) is 26.5. The topological polar surface area (TPSA) is 0 Å². The maximum absolute atomic E-state index is 12.3. The fraction of sp³-hybridized carbons (Fsp3) is 1.00. The van der Waals surface area contributed by atoms with E-state index in [1.165, 1.54) is 0 Å². The molecule has 1 saturated carbocycles. The van der Waals surface area contributed by atoms with Gasteiger partial charge in [-0.3, -0.25) is 0 Å². The van der Waals surface area contributed by atoms with Crippen LogP contribution in [0.25, 0.3) is 0 Å². The fourth-order valence-electron chi connectivity index (χ4n) is 4.00. The lowest BCUT2D eigenvalue weighted by Gasteiger charge is -2.35. The van der Waals surface area contributed by atoms with E-state index in [9.17, 15) is 26.3 Å². The van der Waals surface area contributed by atoms with E-state index in [-0.39, 0.29) is 24.7 Å². The highest BCUT2D eigenvalue weighted by atomic mass is 19.4. The summed E-state index contributed by atoms with van der Waals surface area (Å²) in [5, 5.41) is 0. The molecular formula is C17H28F6. The average Bonchev–Trinajstić information content (AvgIpc) is 2.35. The summed E-state index contributed by atoms with van der Waals surface area (Å²) in [7, 11) is 0. The zero-order valence-electron chi connectivity index (χ0n) is 13.8. The maximum atomic E-state index is 12.3. The van der Waals surface area contributed by atoms with Crippen molar-refractivity contribution in [3.63, 3.8) is 0 Å². The first-order valence-electron chi connectivity index (χ1n) is 8.72. The molecule has 23 heavy (non-hydrogen) atoms. The van der Waals surface area contributed by atoms with Gasteiger partial charge in [0, 0.05) is 12.8 Å². The molecule has 2 unspecified atom stereocenters. The van der Waals surface area contributed by atoms with Crippen molar-refractivity contribution in [2.45, 2.75) is 89.9 Å². The standard InChI is InChI=1S/C17H28F6/c1-2-5-13-10-14(6-3-8-16(18,19)20)12-15(11-13)7-4-9-17(21,22)23/h13-15H,2-12H2,1H3. The highest BCUT2D eigenvalue weighted by molar-refractivity contribution is 4.79. The van der Waals surface area contributed by atoms with Crippen molar-refractivity contribution in [3.05, 3.63) is 0 Å². The van der Waals surface area contributed by atoms with Crippen molar-refractivity contribution in [2.75, 3.05) is 0 Å². The Kier molecular flexibility index (Phi) is 8.22. The van der Waals surface area contributed by atoms with E-state index in [2.05, 4.69) is 6.92 Å². The van der Waals surface area contributed by atoms with Crippen LogP contribution in [0.5, 0.6) is 0 Å². The molecule has 138 valence electrons. The smallest absolute Gasteiger partial charge is 0.171 e. The molecular weight excluding hydrogens is 318 g/mol. The maximum Gasteiger partial charge on any atom is 0.389 e. The van der Waals surface area contributed by atoms with Gasteiger partial charge in [0.2, 0.25) is 0 Å². The number of hydrogen-bond donors (Lipinski definition) is 0. The molecule has 6 heteroatoms. The zero-order chi connectivity index (χ0) is 17.5. The first-order valence-corrected chi connectivity index (χ1v) is 8.72. The van der Waals surface area contributed by atoms with Gasteiger partial charge in [0.25, 0.3) is 0 Å². The van der Waals surface area contributed by atoms with E-state index in [4.69, 9.17) is 0 Å². The number of alkyl halides is 6. The summed E-state index contributed by atoms with van der Waals surface area (Å²) in [5.74, 6) is 0.970. The molecule has 0 N–H and O–H groups in total. The molecule has 0 spiro atoms. The molecule has 0 heterocycles. The van der Waals surface area contributed by atoms with E-state index in [0.29, 0.717) is 18.8 Å². The Bertz CT molecular complexity index is 292. The summed E-state index contributed by atoms with van der Waals surface area (Å²) < 4.78 is 73.5. The Morgan fingerprint density at radius 3 is 1.30 bits per heavy atom. The van der Waals surface area contributed by atoms with Crippen molar-refractivity contribution in [3.8, 4) is 0 Å². The van der Waals surface area contributed by atoms with Gasteiger partial charge < -0.3 is 0 Å². The predicted octanol–water partition coefficient (Wildman–Crippen LogP) is 7.28. The molecule has 0 aromatic rings. The van der Waals surface area contributed by atoms with Gasteiger partial charge in [-0.15, -0.1) is 0 Å². The molecule has 0 radical (unpaired) electrons. The molecule has 1 aliphatic carbocycles. The number of hydrogen-bond acceptors (Lipinski definition) is 0. The van der Waals surface area contributed by atoms with Crippen LogP contribution >= 0.6 is 0 Å². The van der Waals surface area contributed by atoms with Gasteiger partial charge >= 0.3 is 12.4 Å². The zero-order valence-corrected chi connectivity index (χ0v) is 13.8. The van der Waals surface area contributed by atoms with Crippen LogP contribution < -0.4 is 0 Å². The Morgan fingerprint density at radius 1 is 0.652 bits per heavy atom. The lowest BCUT2D eigenvalue weighted by molar-refractivity contribution is -0.136. The molecule has 0 amide bonds. The lowest BCUT2D eigenvalue weighted by atomic mass is 9.71. The van der Waals surface area contributed by atoms with Gasteiger partial charge in [0.15, 0.2) is 0 Å². The van der Waals surface area contributed by atoms with Gasteiger partial charge in [-0.1, -0.05) is 32.6 Å². The summed E-state index contributed by atoms with van der Waals surface area (Å²) in [6, 6.07) is 0. The van der Waals surface area contributed by atoms with Crippen LogP contribution in [0.15, 0.2) is 0 Å². The minimum atomic E-state index is -4.11. The van der Waals surface area contributed by atoms with E-state index < -0.39 is 25.2 Å². The second-order valence-corrected chi connectivity index (χ2v) is 7.11. The fourth-order valence-corrected chi connectivity index (χ4v) is 4.00. The van der Waals surface area contributed by atoms with E-state index in [0.717, 1.165) is 32.1 Å². The second kappa shape index (κ2) is 9.16. The summed E-state index contributed by atoms with van der Waals surface area (Å²) in [6.45, 7) is 2.08. The van der Waals surface area contributed by atoms with E-state index in [1.807, 2.05) is 0 Å². The Hall–Kier alpha value is -0.420. The molecule has 0 nitrogen and oxygen atoms in total. The molecule has 2 atom stereocenters. The quantitative estimate of drug-likeness (QED) is 0.405. The van der Waals surface area contributed by atoms with Crippen LogP contribution in [-0.2, 0) is 0 Å². The van der Waals surface area contributed by atoms with Crippen molar-refractivity contribution in [1.29, 1.82) is 0 Å². The molecule has 1 aliphatic rings. The molecule has 1 rings (SSSR count). The Morgan fingerprint density at radius 2 is 1.00 bits per heavy atom. The van der Waals surface area contributed by atoms with Gasteiger partial charge in [-0.05, 0) is 49.9 Å². The van der Waals surface area contributed by atoms with E-state index >= 15 is 0 Å². The van der Waals surface area contributed by atoms with Crippen molar-refractivity contribution < 1.29 is 26.3 Å². The minimum absolute atomic E-state index is 0.141. The lowest BCUT2D eigenvalue weighted by Crippen LogP contribution is -2.24. The van der Waals surface area contributed by atoms with Gasteiger partial charge in [0.05, 0.1) is 0 Å². The SMILES string of the molecule is CCCC1CC(CCCC(F)(F)F)CC(CCCC(F)(F)F)C1. The third-order valence-corrected chi connectivity index (χ3v) is 4.84. The summed E-state index contributed by atoms with van der Waals surface area (Å²) >= 11 is 0. The molecule has 0 aromatic heterocycles. The van der Waals surface area contributed by atoms with Gasteiger partial charge in [-0.25, -0.2) is 0 Å². The van der Waals surface area contributed by atoms with E-state index in [1.54, 1.807) is 0 Å². The van der Waals surface area contributed by atoms with Crippen LogP contribution in [0, 0.1) is 17.8 Å².